The van der Waals surface area contributed by atoms with E-state index in [1.165, 1.54) is 0 Å². The first kappa shape index (κ1) is 13.7. The Morgan fingerprint density at radius 1 is 1.32 bits per heavy atom. The number of aromatic nitrogens is 3. The van der Waals surface area contributed by atoms with Gasteiger partial charge in [0.15, 0.2) is 5.82 Å². The highest BCUT2D eigenvalue weighted by molar-refractivity contribution is 6.31. The Hall–Kier alpha value is -1.75. The van der Waals surface area contributed by atoms with E-state index in [0.29, 0.717) is 22.4 Å². The van der Waals surface area contributed by atoms with Crippen molar-refractivity contribution in [3.8, 4) is 11.7 Å². The summed E-state index contributed by atoms with van der Waals surface area (Å²) in [6, 6.07) is 3.54. The lowest BCUT2D eigenvalue weighted by molar-refractivity contribution is 0.234. The summed E-state index contributed by atoms with van der Waals surface area (Å²) in [5, 5.41) is 5.00. The van der Waals surface area contributed by atoms with Gasteiger partial charge in [-0.05, 0) is 39.8 Å². The molecule has 2 N–H and O–H groups in total. The Kier molecular flexibility index (Phi) is 3.66. The summed E-state index contributed by atoms with van der Waals surface area (Å²) in [7, 11) is 0. The largest absolute Gasteiger partial charge is 0.473 e. The lowest BCUT2D eigenvalue weighted by atomic mass is 10.3. The first-order chi connectivity index (χ1) is 8.90. The number of anilines is 1. The average Bonchev–Trinajstić information content (AvgIpc) is 2.59. The molecule has 19 heavy (non-hydrogen) atoms. The fourth-order valence-corrected chi connectivity index (χ4v) is 1.84. The molecule has 5 nitrogen and oxygen atoms in total. The van der Waals surface area contributed by atoms with Gasteiger partial charge in [0.05, 0.1) is 28.2 Å². The molecule has 2 rings (SSSR count). The van der Waals surface area contributed by atoms with Crippen molar-refractivity contribution in [3.63, 3.8) is 0 Å². The number of nitrogen functional groups attached to an aromatic ring is 1. The van der Waals surface area contributed by atoms with Crippen molar-refractivity contribution >= 4 is 17.3 Å². The first-order valence-corrected chi connectivity index (χ1v) is 6.43. The van der Waals surface area contributed by atoms with Crippen molar-refractivity contribution < 1.29 is 4.74 Å². The Bertz CT molecular complexity index is 607. The normalized spacial score (nSPS) is 11.1. The Morgan fingerprint density at radius 2 is 2.00 bits per heavy atom. The topological polar surface area (TPSA) is 66.0 Å². The summed E-state index contributed by atoms with van der Waals surface area (Å²) < 4.78 is 7.26. The number of pyridine rings is 1. The number of ether oxygens (including phenoxy) is 1. The molecule has 0 bridgehead atoms. The van der Waals surface area contributed by atoms with Crippen LogP contribution >= 0.6 is 11.6 Å². The molecule has 0 unspecified atom stereocenters. The summed E-state index contributed by atoms with van der Waals surface area (Å²) in [6.45, 7) is 7.60. The molecule has 2 aromatic heterocycles. The molecule has 0 fully saturated rings. The van der Waals surface area contributed by atoms with Gasteiger partial charge in [-0.3, -0.25) is 0 Å². The molecule has 0 saturated heterocycles. The zero-order valence-electron chi connectivity index (χ0n) is 11.4. The number of hydrogen-bond acceptors (Lipinski definition) is 4. The maximum atomic E-state index is 6.14. The van der Waals surface area contributed by atoms with E-state index in [4.69, 9.17) is 22.1 Å². The third kappa shape index (κ3) is 2.66. The Morgan fingerprint density at radius 3 is 2.53 bits per heavy atom. The lowest BCUT2D eigenvalue weighted by Crippen LogP contribution is -2.11. The minimum atomic E-state index is 0.00842. The van der Waals surface area contributed by atoms with Crippen molar-refractivity contribution in [2.45, 2.75) is 33.8 Å². The molecule has 0 aromatic carbocycles. The maximum Gasteiger partial charge on any atom is 0.239 e. The molecule has 0 aliphatic carbocycles. The van der Waals surface area contributed by atoms with Crippen LogP contribution in [0.25, 0.3) is 5.82 Å². The molecule has 0 atom stereocenters. The van der Waals surface area contributed by atoms with E-state index in [1.807, 2.05) is 27.7 Å². The second kappa shape index (κ2) is 5.09. The van der Waals surface area contributed by atoms with E-state index < -0.39 is 0 Å². The van der Waals surface area contributed by atoms with Gasteiger partial charge in [0.1, 0.15) is 0 Å². The maximum absolute atomic E-state index is 6.14. The number of nitrogens with two attached hydrogens (primary N) is 1. The quantitative estimate of drug-likeness (QED) is 0.939. The monoisotopic (exact) mass is 280 g/mol. The van der Waals surface area contributed by atoms with E-state index in [1.54, 1.807) is 16.8 Å². The van der Waals surface area contributed by atoms with Gasteiger partial charge < -0.3 is 10.5 Å². The summed E-state index contributed by atoms with van der Waals surface area (Å²) in [5.41, 5.74) is 7.96. The minimum absolute atomic E-state index is 0.00842. The summed E-state index contributed by atoms with van der Waals surface area (Å²) in [6.07, 6.45) is 0.00842. The highest BCUT2D eigenvalue weighted by Crippen LogP contribution is 2.25. The highest BCUT2D eigenvalue weighted by Gasteiger charge is 2.13. The van der Waals surface area contributed by atoms with Crippen LogP contribution in [0.5, 0.6) is 5.88 Å². The number of aryl methyl sites for hydroxylation is 1. The van der Waals surface area contributed by atoms with Gasteiger partial charge in [0.2, 0.25) is 5.88 Å². The number of halogens is 1. The van der Waals surface area contributed by atoms with Gasteiger partial charge in [-0.2, -0.15) is 10.1 Å². The van der Waals surface area contributed by atoms with Crippen LogP contribution in [0.4, 0.5) is 5.69 Å². The molecule has 0 aliphatic rings. The lowest BCUT2D eigenvalue weighted by Gasteiger charge is -2.12. The van der Waals surface area contributed by atoms with E-state index >= 15 is 0 Å². The Balaban J connectivity index is 2.48. The number of hydrogen-bond donors (Lipinski definition) is 1. The van der Waals surface area contributed by atoms with Crippen LogP contribution in [-0.4, -0.2) is 20.9 Å². The third-order valence-corrected chi connectivity index (χ3v) is 3.19. The van der Waals surface area contributed by atoms with Gasteiger partial charge in [0, 0.05) is 0 Å². The van der Waals surface area contributed by atoms with Crippen LogP contribution in [0.2, 0.25) is 5.02 Å². The van der Waals surface area contributed by atoms with Gasteiger partial charge in [0.25, 0.3) is 0 Å². The standard InChI is InChI=1S/C13H17ClN4O/c1-7(2)19-13-10(15)5-6-11(16-13)18-9(4)12(14)8(3)17-18/h5-7H,15H2,1-4H3. The van der Waals surface area contributed by atoms with Crippen LogP contribution < -0.4 is 10.5 Å². The van der Waals surface area contributed by atoms with Gasteiger partial charge in [-0.15, -0.1) is 0 Å². The number of nitrogens with zero attached hydrogens (tertiary/aromatic N) is 3. The molecule has 102 valence electrons. The summed E-state index contributed by atoms with van der Waals surface area (Å²) in [4.78, 5) is 4.39. The van der Waals surface area contributed by atoms with Crippen molar-refractivity contribution in [2.75, 3.05) is 5.73 Å². The predicted molar refractivity (Wildman–Crippen MR) is 76.0 cm³/mol. The zero-order chi connectivity index (χ0) is 14.2. The smallest absolute Gasteiger partial charge is 0.239 e. The van der Waals surface area contributed by atoms with Gasteiger partial charge in [-0.1, -0.05) is 11.6 Å². The third-order valence-electron chi connectivity index (χ3n) is 2.64. The fourth-order valence-electron chi connectivity index (χ4n) is 1.72. The second-order valence-electron chi connectivity index (χ2n) is 4.63. The first-order valence-electron chi connectivity index (χ1n) is 6.05. The summed E-state index contributed by atoms with van der Waals surface area (Å²) in [5.74, 6) is 1.05. The molecule has 2 heterocycles. The molecule has 2 aromatic rings. The molecule has 6 heteroatoms. The zero-order valence-corrected chi connectivity index (χ0v) is 12.2. The molecule has 0 aliphatic heterocycles. The van der Waals surface area contributed by atoms with Crippen molar-refractivity contribution in [2.24, 2.45) is 0 Å². The van der Waals surface area contributed by atoms with Crippen LogP contribution in [0, 0.1) is 13.8 Å². The van der Waals surface area contributed by atoms with Gasteiger partial charge >= 0.3 is 0 Å². The fraction of sp³-hybridized carbons (Fsp3) is 0.385. The van der Waals surface area contributed by atoms with Crippen molar-refractivity contribution in [1.82, 2.24) is 14.8 Å². The highest BCUT2D eigenvalue weighted by atomic mass is 35.5. The predicted octanol–water partition coefficient (Wildman–Crippen LogP) is 2.91. The van der Waals surface area contributed by atoms with Crippen LogP contribution in [0.1, 0.15) is 25.2 Å². The SMILES string of the molecule is Cc1nn(-c2ccc(N)c(OC(C)C)n2)c(C)c1Cl. The van der Waals surface area contributed by atoms with E-state index in [0.717, 1.165) is 11.4 Å². The van der Waals surface area contributed by atoms with Crippen LogP contribution in [-0.2, 0) is 0 Å². The molecule has 0 saturated carbocycles. The van der Waals surface area contributed by atoms with Crippen molar-refractivity contribution in [1.29, 1.82) is 0 Å². The Labute approximate surface area is 117 Å². The van der Waals surface area contributed by atoms with E-state index in [-0.39, 0.29) is 6.10 Å². The van der Waals surface area contributed by atoms with E-state index in [2.05, 4.69) is 10.1 Å². The molecule has 0 amide bonds. The molecular weight excluding hydrogens is 264 g/mol. The molecule has 0 spiro atoms. The molecule has 0 radical (unpaired) electrons. The van der Waals surface area contributed by atoms with Crippen LogP contribution in [0.3, 0.4) is 0 Å². The molecular formula is C13H17ClN4O. The van der Waals surface area contributed by atoms with Crippen molar-refractivity contribution in [3.05, 3.63) is 28.5 Å². The minimum Gasteiger partial charge on any atom is -0.473 e. The second-order valence-corrected chi connectivity index (χ2v) is 5.01. The van der Waals surface area contributed by atoms with Gasteiger partial charge in [-0.25, -0.2) is 4.68 Å². The van der Waals surface area contributed by atoms with E-state index in [9.17, 15) is 0 Å². The number of rotatable bonds is 3. The average molecular weight is 281 g/mol. The summed E-state index contributed by atoms with van der Waals surface area (Å²) >= 11 is 6.14. The van der Waals surface area contributed by atoms with Crippen LogP contribution in [0.15, 0.2) is 12.1 Å².